The van der Waals surface area contributed by atoms with Crippen molar-refractivity contribution in [2.24, 2.45) is 17.8 Å². The van der Waals surface area contributed by atoms with Gasteiger partial charge in [0, 0.05) is 19.6 Å². The molecule has 96 valence electrons. The standard InChI is InChI=1S/C15H19NO2/c17-15(18)14-10-16(9-13(14)12-6-7-12)8-11-4-2-1-3-5-11/h1-5,12-14H,6-10H2,(H,17,18)/t13-,14+/m0/s1. The molecule has 0 aromatic heterocycles. The molecule has 3 heteroatoms. The largest absolute Gasteiger partial charge is 0.481 e. The van der Waals surface area contributed by atoms with Crippen molar-refractivity contribution < 1.29 is 9.90 Å². The van der Waals surface area contributed by atoms with Gasteiger partial charge in [0.05, 0.1) is 5.92 Å². The lowest BCUT2D eigenvalue weighted by molar-refractivity contribution is -0.142. The van der Waals surface area contributed by atoms with Crippen LogP contribution in [0.5, 0.6) is 0 Å². The van der Waals surface area contributed by atoms with Gasteiger partial charge in [-0.1, -0.05) is 30.3 Å². The fourth-order valence-electron chi connectivity index (χ4n) is 3.15. The summed E-state index contributed by atoms with van der Waals surface area (Å²) in [6.07, 6.45) is 2.46. The molecule has 1 heterocycles. The summed E-state index contributed by atoms with van der Waals surface area (Å²) in [5, 5.41) is 9.32. The summed E-state index contributed by atoms with van der Waals surface area (Å²) in [5.74, 6) is 0.293. The molecule has 0 spiro atoms. The van der Waals surface area contributed by atoms with Crippen molar-refractivity contribution in [1.29, 1.82) is 0 Å². The number of hydrogen-bond donors (Lipinski definition) is 1. The van der Waals surface area contributed by atoms with Gasteiger partial charge in [0.1, 0.15) is 0 Å². The Morgan fingerprint density at radius 2 is 1.94 bits per heavy atom. The summed E-state index contributed by atoms with van der Waals surface area (Å²) >= 11 is 0. The van der Waals surface area contributed by atoms with Gasteiger partial charge in [0.15, 0.2) is 0 Å². The lowest BCUT2D eigenvalue weighted by atomic mass is 9.92. The maximum absolute atomic E-state index is 11.3. The normalized spacial score (nSPS) is 28.4. The molecule has 18 heavy (non-hydrogen) atoms. The van der Waals surface area contributed by atoms with Gasteiger partial charge in [-0.15, -0.1) is 0 Å². The van der Waals surface area contributed by atoms with E-state index < -0.39 is 5.97 Å². The molecule has 2 aliphatic rings. The van der Waals surface area contributed by atoms with Gasteiger partial charge in [-0.2, -0.15) is 0 Å². The van der Waals surface area contributed by atoms with Crippen molar-refractivity contribution in [2.45, 2.75) is 19.4 Å². The molecule has 1 saturated heterocycles. The lowest BCUT2D eigenvalue weighted by Gasteiger charge is -2.15. The molecule has 0 unspecified atom stereocenters. The highest BCUT2D eigenvalue weighted by atomic mass is 16.4. The minimum atomic E-state index is -0.609. The first-order valence-electron chi connectivity index (χ1n) is 6.73. The zero-order valence-electron chi connectivity index (χ0n) is 10.5. The molecule has 2 atom stereocenters. The molecule has 3 nitrogen and oxygen atoms in total. The molecule has 0 amide bonds. The summed E-state index contributed by atoms with van der Waals surface area (Å²) in [7, 11) is 0. The highest BCUT2D eigenvalue weighted by Crippen LogP contribution is 2.44. The maximum atomic E-state index is 11.3. The first kappa shape index (κ1) is 11.7. The number of rotatable bonds is 4. The molecular weight excluding hydrogens is 226 g/mol. The molecule has 1 aliphatic heterocycles. The topological polar surface area (TPSA) is 40.5 Å². The quantitative estimate of drug-likeness (QED) is 0.884. The van der Waals surface area contributed by atoms with E-state index in [1.807, 2.05) is 18.2 Å². The van der Waals surface area contributed by atoms with Crippen LogP contribution in [0.4, 0.5) is 0 Å². The third-order valence-corrected chi connectivity index (χ3v) is 4.23. The number of benzene rings is 1. The van der Waals surface area contributed by atoms with E-state index in [1.54, 1.807) is 0 Å². The van der Waals surface area contributed by atoms with Crippen LogP contribution in [-0.4, -0.2) is 29.1 Å². The van der Waals surface area contributed by atoms with Crippen LogP contribution in [0.2, 0.25) is 0 Å². The summed E-state index contributed by atoms with van der Waals surface area (Å²) in [5.41, 5.74) is 1.28. The second-order valence-electron chi connectivity index (χ2n) is 5.63. The molecule has 3 rings (SSSR count). The number of hydrogen-bond acceptors (Lipinski definition) is 2. The van der Waals surface area contributed by atoms with Crippen molar-refractivity contribution in [3.8, 4) is 0 Å². The molecule has 1 saturated carbocycles. The molecule has 2 fully saturated rings. The zero-order chi connectivity index (χ0) is 12.5. The Morgan fingerprint density at radius 3 is 2.56 bits per heavy atom. The van der Waals surface area contributed by atoms with Gasteiger partial charge in [-0.25, -0.2) is 0 Å². The second kappa shape index (κ2) is 4.73. The highest BCUT2D eigenvalue weighted by Gasteiger charge is 2.45. The van der Waals surface area contributed by atoms with E-state index in [9.17, 15) is 9.90 Å². The first-order chi connectivity index (χ1) is 8.74. The van der Waals surface area contributed by atoms with Gasteiger partial charge >= 0.3 is 5.97 Å². The predicted molar refractivity (Wildman–Crippen MR) is 69.1 cm³/mol. The van der Waals surface area contributed by atoms with E-state index >= 15 is 0 Å². The van der Waals surface area contributed by atoms with Gasteiger partial charge in [-0.3, -0.25) is 9.69 Å². The van der Waals surface area contributed by atoms with Crippen LogP contribution < -0.4 is 0 Å². The lowest BCUT2D eigenvalue weighted by Crippen LogP contribution is -2.24. The Hall–Kier alpha value is -1.35. The summed E-state index contributed by atoms with van der Waals surface area (Å²) in [4.78, 5) is 13.6. The molecule has 0 radical (unpaired) electrons. The summed E-state index contributed by atoms with van der Waals surface area (Å²) in [6, 6.07) is 10.3. The maximum Gasteiger partial charge on any atom is 0.308 e. The predicted octanol–water partition coefficient (Wildman–Crippen LogP) is 2.23. The Morgan fingerprint density at radius 1 is 1.22 bits per heavy atom. The van der Waals surface area contributed by atoms with Crippen LogP contribution in [0.1, 0.15) is 18.4 Å². The fraction of sp³-hybridized carbons (Fsp3) is 0.533. The van der Waals surface area contributed by atoms with Crippen LogP contribution in [0, 0.1) is 17.8 Å². The average Bonchev–Trinajstić information content (AvgIpc) is 3.12. The van der Waals surface area contributed by atoms with Crippen molar-refractivity contribution in [2.75, 3.05) is 13.1 Å². The molecule has 0 bridgehead atoms. The Kier molecular flexibility index (Phi) is 3.08. The smallest absolute Gasteiger partial charge is 0.308 e. The monoisotopic (exact) mass is 245 g/mol. The minimum absolute atomic E-state index is 0.152. The van der Waals surface area contributed by atoms with E-state index in [1.165, 1.54) is 18.4 Å². The minimum Gasteiger partial charge on any atom is -0.481 e. The third-order valence-electron chi connectivity index (χ3n) is 4.23. The van der Waals surface area contributed by atoms with Crippen molar-refractivity contribution in [1.82, 2.24) is 4.90 Å². The molecule has 1 aromatic carbocycles. The number of aliphatic carboxylic acids is 1. The van der Waals surface area contributed by atoms with E-state index in [4.69, 9.17) is 0 Å². The van der Waals surface area contributed by atoms with E-state index in [2.05, 4.69) is 17.0 Å². The Labute approximate surface area is 107 Å². The number of carboxylic acids is 1. The van der Waals surface area contributed by atoms with Crippen LogP contribution in [0.25, 0.3) is 0 Å². The van der Waals surface area contributed by atoms with Gasteiger partial charge in [0.25, 0.3) is 0 Å². The van der Waals surface area contributed by atoms with Gasteiger partial charge in [0.2, 0.25) is 0 Å². The molecule has 1 aliphatic carbocycles. The van der Waals surface area contributed by atoms with Crippen LogP contribution in [0.15, 0.2) is 30.3 Å². The Bertz CT molecular complexity index is 427. The highest BCUT2D eigenvalue weighted by molar-refractivity contribution is 5.71. The molecule has 1 aromatic rings. The summed E-state index contributed by atoms with van der Waals surface area (Å²) in [6.45, 7) is 2.55. The van der Waals surface area contributed by atoms with Gasteiger partial charge in [-0.05, 0) is 30.2 Å². The number of likely N-dealkylation sites (tertiary alicyclic amines) is 1. The fourth-order valence-corrected chi connectivity index (χ4v) is 3.15. The van der Waals surface area contributed by atoms with Crippen molar-refractivity contribution in [3.05, 3.63) is 35.9 Å². The number of carboxylic acid groups (broad SMARTS) is 1. The zero-order valence-corrected chi connectivity index (χ0v) is 10.5. The van der Waals surface area contributed by atoms with Gasteiger partial charge < -0.3 is 5.11 Å². The Balaban J connectivity index is 1.66. The molecular formula is C15H19NO2. The number of nitrogens with zero attached hydrogens (tertiary/aromatic N) is 1. The van der Waals surface area contributed by atoms with E-state index in [-0.39, 0.29) is 5.92 Å². The number of carbonyl (C=O) groups is 1. The van der Waals surface area contributed by atoms with E-state index in [0.29, 0.717) is 18.4 Å². The van der Waals surface area contributed by atoms with Crippen LogP contribution >= 0.6 is 0 Å². The molecule has 1 N–H and O–H groups in total. The van der Waals surface area contributed by atoms with E-state index in [0.717, 1.165) is 13.1 Å². The van der Waals surface area contributed by atoms with Crippen LogP contribution in [0.3, 0.4) is 0 Å². The average molecular weight is 245 g/mol. The van der Waals surface area contributed by atoms with Crippen molar-refractivity contribution >= 4 is 5.97 Å². The first-order valence-corrected chi connectivity index (χ1v) is 6.73. The van der Waals surface area contributed by atoms with Crippen LogP contribution in [-0.2, 0) is 11.3 Å². The SMILES string of the molecule is O=C(O)[C@@H]1CN(Cc2ccccc2)C[C@H]1C1CC1. The second-order valence-corrected chi connectivity index (χ2v) is 5.63. The van der Waals surface area contributed by atoms with Crippen molar-refractivity contribution in [3.63, 3.8) is 0 Å². The third kappa shape index (κ3) is 2.41. The summed E-state index contributed by atoms with van der Waals surface area (Å²) < 4.78 is 0.